The smallest absolute Gasteiger partial charge is 0.137 e. The van der Waals surface area contributed by atoms with Crippen molar-refractivity contribution in [2.24, 2.45) is 0 Å². The summed E-state index contributed by atoms with van der Waals surface area (Å²) in [6.45, 7) is 2.26. The molecule has 1 N–H and O–H groups in total. The van der Waals surface area contributed by atoms with Crippen LogP contribution >= 0.6 is 0 Å². The van der Waals surface area contributed by atoms with Gasteiger partial charge < -0.3 is 4.40 Å². The predicted molar refractivity (Wildman–Crippen MR) is 140 cm³/mol. The van der Waals surface area contributed by atoms with Gasteiger partial charge in [-0.3, -0.25) is 20.0 Å². The van der Waals surface area contributed by atoms with Crippen LogP contribution in [0.15, 0.2) is 110 Å². The van der Waals surface area contributed by atoms with E-state index in [0.29, 0.717) is 0 Å². The van der Waals surface area contributed by atoms with Crippen LogP contribution < -0.4 is 0 Å². The number of imidazole rings is 1. The predicted octanol–water partition coefficient (Wildman–Crippen LogP) is 5.38. The van der Waals surface area contributed by atoms with Gasteiger partial charge in [-0.15, -0.1) is 0 Å². The number of hydrogen-bond donors (Lipinski definition) is 1. The Morgan fingerprint density at radius 3 is 1.97 bits per heavy atom. The van der Waals surface area contributed by atoms with Crippen LogP contribution in [0.1, 0.15) is 17.0 Å². The molecule has 7 nitrogen and oxygen atoms in total. The Balaban J connectivity index is 1.24. The summed E-state index contributed by atoms with van der Waals surface area (Å²) in [5.74, 6) is 0. The van der Waals surface area contributed by atoms with E-state index in [0.717, 1.165) is 59.2 Å². The molecule has 0 aliphatic rings. The number of nitrogens with one attached hydrogen (secondary N) is 1. The van der Waals surface area contributed by atoms with Crippen LogP contribution in [0.3, 0.4) is 0 Å². The lowest BCUT2D eigenvalue weighted by atomic mass is 10.1. The lowest BCUT2D eigenvalue weighted by Crippen LogP contribution is -2.23. The first-order valence-electron chi connectivity index (χ1n) is 11.9. The van der Waals surface area contributed by atoms with Gasteiger partial charge in [0.05, 0.1) is 22.8 Å². The first-order chi connectivity index (χ1) is 17.8. The average Bonchev–Trinajstić information content (AvgIpc) is 3.60. The van der Waals surface area contributed by atoms with Crippen LogP contribution in [-0.4, -0.2) is 34.4 Å². The van der Waals surface area contributed by atoms with Crippen molar-refractivity contribution in [1.29, 1.82) is 0 Å². The maximum absolute atomic E-state index is 4.84. The largest absolute Gasteiger partial charge is 0.306 e. The molecule has 5 heterocycles. The molecule has 0 unspecified atom stereocenters. The fraction of sp³-hybridized carbons (Fsp3) is 0.103. The summed E-state index contributed by atoms with van der Waals surface area (Å²) in [7, 11) is 0. The van der Waals surface area contributed by atoms with Gasteiger partial charge in [-0.2, -0.15) is 5.10 Å². The van der Waals surface area contributed by atoms with E-state index in [1.54, 1.807) is 0 Å². The minimum atomic E-state index is 0.743. The molecule has 0 atom stereocenters. The van der Waals surface area contributed by atoms with Gasteiger partial charge in [0.2, 0.25) is 0 Å². The Kier molecular flexibility index (Phi) is 6.04. The molecule has 7 heteroatoms. The molecule has 176 valence electrons. The first kappa shape index (κ1) is 21.9. The maximum Gasteiger partial charge on any atom is 0.137 e. The number of hydrogen-bond acceptors (Lipinski definition) is 5. The molecule has 0 bridgehead atoms. The Morgan fingerprint density at radius 2 is 1.36 bits per heavy atom. The molecule has 6 rings (SSSR count). The van der Waals surface area contributed by atoms with Crippen LogP contribution in [0.25, 0.3) is 28.2 Å². The summed E-state index contributed by atoms with van der Waals surface area (Å²) < 4.78 is 2.10. The average molecular weight is 472 g/mol. The zero-order valence-corrected chi connectivity index (χ0v) is 19.7. The molecule has 0 spiro atoms. The van der Waals surface area contributed by atoms with Gasteiger partial charge in [0.25, 0.3) is 0 Å². The molecule has 0 saturated carbocycles. The maximum atomic E-state index is 4.84. The van der Waals surface area contributed by atoms with Crippen molar-refractivity contribution in [3.63, 3.8) is 0 Å². The lowest BCUT2D eigenvalue weighted by Gasteiger charge is -2.22. The third-order valence-electron chi connectivity index (χ3n) is 6.12. The standard InChI is InChI=1S/C29H25N7/c1-3-14-30-25(5-1)19-35(20-26-6-2-4-15-31-26)17-22-7-12-29-33-28(21-36(29)18-22)24-10-8-23(9-11-24)27-13-16-32-34-27/h1-16,18,21H,17,19-20H2,(H,32,34). The van der Waals surface area contributed by atoms with Crippen LogP contribution in [0, 0.1) is 0 Å². The van der Waals surface area contributed by atoms with E-state index in [2.05, 4.69) is 90.4 Å². The van der Waals surface area contributed by atoms with Crippen molar-refractivity contribution in [2.45, 2.75) is 19.6 Å². The Labute approximate surface area is 209 Å². The highest BCUT2D eigenvalue weighted by Gasteiger charge is 2.12. The fourth-order valence-corrected chi connectivity index (χ4v) is 4.37. The SMILES string of the molecule is c1ccc(CN(Cc2ccc3nc(-c4ccc(-c5cc[nH]n5)cc4)cn3c2)Cc2ccccn2)nc1. The third kappa shape index (κ3) is 4.92. The second-order valence-electron chi connectivity index (χ2n) is 8.75. The quantitative estimate of drug-likeness (QED) is 0.322. The van der Waals surface area contributed by atoms with Crippen LogP contribution in [-0.2, 0) is 19.6 Å². The zero-order chi connectivity index (χ0) is 24.2. The number of H-pyrrole nitrogens is 1. The summed E-state index contributed by atoms with van der Waals surface area (Å²) in [5, 5.41) is 7.11. The van der Waals surface area contributed by atoms with E-state index >= 15 is 0 Å². The lowest BCUT2D eigenvalue weighted by molar-refractivity contribution is 0.241. The van der Waals surface area contributed by atoms with Crippen LogP contribution in [0.5, 0.6) is 0 Å². The second-order valence-corrected chi connectivity index (χ2v) is 8.75. The first-order valence-corrected chi connectivity index (χ1v) is 11.9. The molecule has 6 aromatic rings. The number of nitrogens with zero attached hydrogens (tertiary/aromatic N) is 6. The number of aromatic nitrogens is 6. The number of benzene rings is 1. The van der Waals surface area contributed by atoms with Gasteiger partial charge in [0.1, 0.15) is 5.65 Å². The molecule has 0 radical (unpaired) electrons. The molecular formula is C29H25N7. The molecule has 0 amide bonds. The van der Waals surface area contributed by atoms with Crippen molar-refractivity contribution in [3.8, 4) is 22.5 Å². The Bertz CT molecular complexity index is 1500. The topological polar surface area (TPSA) is 75.0 Å². The molecule has 0 saturated heterocycles. The van der Waals surface area contributed by atoms with E-state index in [1.165, 1.54) is 5.56 Å². The number of aromatic amines is 1. The Morgan fingerprint density at radius 1 is 0.667 bits per heavy atom. The van der Waals surface area contributed by atoms with Crippen molar-refractivity contribution >= 4 is 5.65 Å². The van der Waals surface area contributed by atoms with E-state index in [1.807, 2.05) is 48.9 Å². The van der Waals surface area contributed by atoms with E-state index in [4.69, 9.17) is 4.98 Å². The molecule has 5 aromatic heterocycles. The molecule has 0 fully saturated rings. The summed E-state index contributed by atoms with van der Waals surface area (Å²) >= 11 is 0. The van der Waals surface area contributed by atoms with Crippen molar-refractivity contribution in [2.75, 3.05) is 0 Å². The van der Waals surface area contributed by atoms with E-state index < -0.39 is 0 Å². The van der Waals surface area contributed by atoms with Crippen molar-refractivity contribution < 1.29 is 0 Å². The van der Waals surface area contributed by atoms with Gasteiger partial charge in [-0.1, -0.05) is 42.5 Å². The number of pyridine rings is 3. The van der Waals surface area contributed by atoms with Gasteiger partial charge >= 0.3 is 0 Å². The summed E-state index contributed by atoms with van der Waals surface area (Å²) in [6.07, 6.45) is 9.76. The summed E-state index contributed by atoms with van der Waals surface area (Å²) in [6, 6.07) is 26.6. The zero-order valence-electron chi connectivity index (χ0n) is 19.7. The second kappa shape index (κ2) is 9.93. The number of fused-ring (bicyclic) bond motifs is 1. The Hall–Kier alpha value is -4.62. The van der Waals surface area contributed by atoms with Gasteiger partial charge in [0.15, 0.2) is 0 Å². The minimum Gasteiger partial charge on any atom is -0.306 e. The van der Waals surface area contributed by atoms with E-state index in [-0.39, 0.29) is 0 Å². The van der Waals surface area contributed by atoms with Gasteiger partial charge in [-0.05, 0) is 42.0 Å². The molecule has 0 aliphatic heterocycles. The van der Waals surface area contributed by atoms with E-state index in [9.17, 15) is 0 Å². The highest BCUT2D eigenvalue weighted by Crippen LogP contribution is 2.24. The molecule has 1 aromatic carbocycles. The molecular weight excluding hydrogens is 446 g/mol. The normalized spacial score (nSPS) is 11.4. The van der Waals surface area contributed by atoms with Crippen LogP contribution in [0.2, 0.25) is 0 Å². The molecule has 0 aliphatic carbocycles. The fourth-order valence-electron chi connectivity index (χ4n) is 4.37. The minimum absolute atomic E-state index is 0.743. The van der Waals surface area contributed by atoms with Crippen molar-refractivity contribution in [1.82, 2.24) is 34.4 Å². The highest BCUT2D eigenvalue weighted by atomic mass is 15.1. The van der Waals surface area contributed by atoms with Gasteiger partial charge in [0, 0.05) is 61.7 Å². The summed E-state index contributed by atoms with van der Waals surface area (Å²) in [4.78, 5) is 16.3. The summed E-state index contributed by atoms with van der Waals surface area (Å²) in [5.41, 5.74) is 8.23. The third-order valence-corrected chi connectivity index (χ3v) is 6.12. The number of rotatable bonds is 8. The monoisotopic (exact) mass is 471 g/mol. The van der Waals surface area contributed by atoms with Gasteiger partial charge in [-0.25, -0.2) is 4.98 Å². The van der Waals surface area contributed by atoms with Crippen molar-refractivity contribution in [3.05, 3.63) is 127 Å². The van der Waals surface area contributed by atoms with Crippen LogP contribution in [0.4, 0.5) is 0 Å². The molecule has 36 heavy (non-hydrogen) atoms. The highest BCUT2D eigenvalue weighted by molar-refractivity contribution is 5.68.